The molecule has 0 amide bonds. The number of fused-ring (bicyclic) bond motifs is 1. The fourth-order valence-corrected chi connectivity index (χ4v) is 3.97. The number of halogens is 1. The summed E-state index contributed by atoms with van der Waals surface area (Å²) >= 11 is 9.33. The van der Waals surface area contributed by atoms with E-state index >= 15 is 0 Å². The van der Waals surface area contributed by atoms with Crippen molar-refractivity contribution >= 4 is 44.9 Å². The second-order valence-corrected chi connectivity index (χ2v) is 6.53. The largest absolute Gasteiger partial charge is 0.229 e. The molecule has 92 valence electrons. The molecule has 3 rings (SSSR count). The lowest BCUT2D eigenvalue weighted by molar-refractivity contribution is 1.29. The summed E-state index contributed by atoms with van der Waals surface area (Å²) in [5.41, 5.74) is 1.57. The van der Waals surface area contributed by atoms with E-state index in [0.717, 1.165) is 19.5 Å². The van der Waals surface area contributed by atoms with E-state index in [1.165, 1.54) is 11.8 Å². The summed E-state index contributed by atoms with van der Waals surface area (Å²) in [6.07, 6.45) is 0. The van der Waals surface area contributed by atoms with Gasteiger partial charge in [-0.2, -0.15) is 5.26 Å². The zero-order valence-electron chi connectivity index (χ0n) is 9.63. The lowest BCUT2D eigenvalue weighted by Crippen LogP contribution is -1.78. The van der Waals surface area contributed by atoms with Crippen LogP contribution in [0.25, 0.3) is 10.2 Å². The van der Waals surface area contributed by atoms with Crippen LogP contribution in [-0.4, -0.2) is 4.98 Å². The molecule has 0 saturated carbocycles. The Labute approximate surface area is 123 Å². The third-order valence-electron chi connectivity index (χ3n) is 2.53. The summed E-state index contributed by atoms with van der Waals surface area (Å²) < 4.78 is 2.11. The van der Waals surface area contributed by atoms with Crippen molar-refractivity contribution < 1.29 is 0 Å². The second-order valence-electron chi connectivity index (χ2n) is 3.81. The number of nitriles is 1. The number of hydrogen-bond acceptors (Lipinski definition) is 4. The highest BCUT2D eigenvalue weighted by Gasteiger charge is 2.08. The van der Waals surface area contributed by atoms with Crippen LogP contribution in [0.15, 0.2) is 51.7 Å². The Morgan fingerprint density at radius 3 is 2.79 bits per heavy atom. The Hall–Kier alpha value is -1.54. The van der Waals surface area contributed by atoms with E-state index < -0.39 is 0 Å². The van der Waals surface area contributed by atoms with Gasteiger partial charge in [0.1, 0.15) is 0 Å². The van der Waals surface area contributed by atoms with Crippen LogP contribution in [0.3, 0.4) is 0 Å². The van der Waals surface area contributed by atoms with Crippen molar-refractivity contribution in [2.45, 2.75) is 9.24 Å². The van der Waals surface area contributed by atoms with Gasteiger partial charge in [-0.1, -0.05) is 35.5 Å². The molecule has 0 aliphatic heterocycles. The summed E-state index contributed by atoms with van der Waals surface area (Å²) in [5.74, 6) is 0. The van der Waals surface area contributed by atoms with Gasteiger partial charge in [-0.15, -0.1) is 11.3 Å². The maximum absolute atomic E-state index is 8.81. The fourth-order valence-electron chi connectivity index (χ4n) is 1.64. The molecule has 19 heavy (non-hydrogen) atoms. The Morgan fingerprint density at radius 2 is 2.05 bits per heavy atom. The highest BCUT2D eigenvalue weighted by molar-refractivity contribution is 8.01. The quantitative estimate of drug-likeness (QED) is 0.670. The van der Waals surface area contributed by atoms with Gasteiger partial charge in [0.05, 0.1) is 26.9 Å². The molecule has 0 atom stereocenters. The van der Waals surface area contributed by atoms with Crippen molar-refractivity contribution in [2.24, 2.45) is 0 Å². The third kappa shape index (κ3) is 2.59. The highest BCUT2D eigenvalue weighted by atomic mass is 35.5. The third-order valence-corrected chi connectivity index (χ3v) is 5.13. The lowest BCUT2D eigenvalue weighted by atomic mass is 10.2. The first kappa shape index (κ1) is 12.5. The first-order valence-corrected chi connectivity index (χ1v) is 7.50. The minimum Gasteiger partial charge on any atom is -0.229 e. The van der Waals surface area contributed by atoms with Gasteiger partial charge < -0.3 is 0 Å². The molecule has 1 heterocycles. The van der Waals surface area contributed by atoms with E-state index in [1.807, 2.05) is 24.3 Å². The molecule has 0 spiro atoms. The van der Waals surface area contributed by atoms with E-state index in [0.29, 0.717) is 10.6 Å². The predicted octanol–water partition coefficient (Wildman–Crippen LogP) is 4.97. The van der Waals surface area contributed by atoms with Gasteiger partial charge in [0.2, 0.25) is 0 Å². The van der Waals surface area contributed by atoms with Gasteiger partial charge >= 0.3 is 0 Å². The van der Waals surface area contributed by atoms with E-state index in [9.17, 15) is 0 Å². The molecule has 0 unspecified atom stereocenters. The van der Waals surface area contributed by atoms with Crippen LogP contribution in [0.4, 0.5) is 0 Å². The van der Waals surface area contributed by atoms with Crippen LogP contribution in [0.1, 0.15) is 5.56 Å². The number of nitrogens with zero attached hydrogens (tertiary/aromatic N) is 2. The molecule has 0 radical (unpaired) electrons. The standard InChI is InChI=1S/C14H7ClN2S2/c15-10-7-9(8-16)5-6-12(10)18-14-17-11-3-1-2-4-13(11)19-14/h1-7H. The van der Waals surface area contributed by atoms with E-state index in [2.05, 4.69) is 17.1 Å². The minimum atomic E-state index is 0.568. The van der Waals surface area contributed by atoms with Crippen LogP contribution in [0.5, 0.6) is 0 Å². The summed E-state index contributed by atoms with van der Waals surface area (Å²) in [4.78, 5) is 5.47. The first-order chi connectivity index (χ1) is 9.26. The molecule has 0 bridgehead atoms. The van der Waals surface area contributed by atoms with Crippen molar-refractivity contribution in [2.75, 3.05) is 0 Å². The number of para-hydroxylation sites is 1. The number of hydrogen-bond donors (Lipinski definition) is 0. The number of thiazole rings is 1. The maximum atomic E-state index is 8.81. The number of rotatable bonds is 2. The van der Waals surface area contributed by atoms with Gasteiger partial charge in [-0.05, 0) is 30.3 Å². The first-order valence-electron chi connectivity index (χ1n) is 5.49. The normalized spacial score (nSPS) is 10.5. The Balaban J connectivity index is 1.94. The van der Waals surface area contributed by atoms with Crippen LogP contribution in [-0.2, 0) is 0 Å². The van der Waals surface area contributed by atoms with Crippen LogP contribution in [0, 0.1) is 11.3 Å². The zero-order valence-corrected chi connectivity index (χ0v) is 12.0. The van der Waals surface area contributed by atoms with Crippen molar-refractivity contribution in [3.05, 3.63) is 53.1 Å². The second kappa shape index (κ2) is 5.22. The molecule has 0 saturated heterocycles. The minimum absolute atomic E-state index is 0.568. The zero-order chi connectivity index (χ0) is 13.2. The van der Waals surface area contributed by atoms with E-state index in [1.54, 1.807) is 23.5 Å². The van der Waals surface area contributed by atoms with Crippen molar-refractivity contribution in [3.63, 3.8) is 0 Å². The molecule has 2 nitrogen and oxygen atoms in total. The van der Waals surface area contributed by atoms with Gasteiger partial charge in [0.25, 0.3) is 0 Å². The molecule has 0 fully saturated rings. The van der Waals surface area contributed by atoms with Crippen LogP contribution in [0.2, 0.25) is 5.02 Å². The van der Waals surface area contributed by atoms with Crippen LogP contribution < -0.4 is 0 Å². The van der Waals surface area contributed by atoms with Gasteiger partial charge in [-0.25, -0.2) is 4.98 Å². The molecule has 2 aromatic carbocycles. The topological polar surface area (TPSA) is 36.7 Å². The molecular weight excluding hydrogens is 296 g/mol. The maximum Gasteiger partial charge on any atom is 0.155 e. The van der Waals surface area contributed by atoms with Gasteiger partial charge in [-0.3, -0.25) is 0 Å². The smallest absolute Gasteiger partial charge is 0.155 e. The average molecular weight is 303 g/mol. The summed E-state index contributed by atoms with van der Waals surface area (Å²) in [6.45, 7) is 0. The SMILES string of the molecule is N#Cc1ccc(Sc2nc3ccccc3s2)c(Cl)c1. The lowest BCUT2D eigenvalue weighted by Gasteiger charge is -2.00. The summed E-state index contributed by atoms with van der Waals surface area (Å²) in [6, 6.07) is 15.4. The monoisotopic (exact) mass is 302 g/mol. The molecule has 0 aliphatic carbocycles. The van der Waals surface area contributed by atoms with E-state index in [4.69, 9.17) is 16.9 Å². The molecule has 0 N–H and O–H groups in total. The van der Waals surface area contributed by atoms with E-state index in [-0.39, 0.29) is 0 Å². The number of benzene rings is 2. The summed E-state index contributed by atoms with van der Waals surface area (Å²) in [7, 11) is 0. The van der Waals surface area contributed by atoms with Crippen molar-refractivity contribution in [1.29, 1.82) is 5.26 Å². The van der Waals surface area contributed by atoms with Gasteiger partial charge in [0, 0.05) is 4.90 Å². The van der Waals surface area contributed by atoms with Crippen molar-refractivity contribution in [1.82, 2.24) is 4.98 Å². The molecular formula is C14H7ClN2S2. The molecule has 1 aromatic heterocycles. The number of aromatic nitrogens is 1. The highest BCUT2D eigenvalue weighted by Crippen LogP contribution is 2.37. The predicted molar refractivity (Wildman–Crippen MR) is 79.9 cm³/mol. The Kier molecular flexibility index (Phi) is 3.43. The molecule has 0 aliphatic rings. The molecule has 5 heteroatoms. The van der Waals surface area contributed by atoms with Crippen LogP contribution >= 0.6 is 34.7 Å². The van der Waals surface area contributed by atoms with Gasteiger partial charge in [0.15, 0.2) is 4.34 Å². The Bertz CT molecular complexity index is 756. The Morgan fingerprint density at radius 1 is 1.21 bits per heavy atom. The molecule has 3 aromatic rings. The average Bonchev–Trinajstić information content (AvgIpc) is 2.83. The fraction of sp³-hybridized carbons (Fsp3) is 0. The summed E-state index contributed by atoms with van der Waals surface area (Å²) in [5, 5.41) is 9.40. The van der Waals surface area contributed by atoms with Crippen molar-refractivity contribution in [3.8, 4) is 6.07 Å².